The van der Waals surface area contributed by atoms with E-state index in [1.54, 1.807) is 7.05 Å². The van der Waals surface area contributed by atoms with Crippen molar-refractivity contribution >= 4 is 46.4 Å². The fourth-order valence-corrected chi connectivity index (χ4v) is 3.12. The lowest BCUT2D eigenvalue weighted by atomic mass is 10.1. The van der Waals surface area contributed by atoms with Crippen LogP contribution in [0.3, 0.4) is 0 Å². The van der Waals surface area contributed by atoms with Gasteiger partial charge < -0.3 is 15.4 Å². The van der Waals surface area contributed by atoms with Gasteiger partial charge in [0.15, 0.2) is 17.4 Å². The molecule has 2 aromatic heterocycles. The molecule has 2 N–H and O–H groups in total. The number of guanidine groups is 1. The molecule has 0 saturated carbocycles. The van der Waals surface area contributed by atoms with Gasteiger partial charge in [0.25, 0.3) is 0 Å². The first-order valence-corrected chi connectivity index (χ1v) is 9.68. The number of pyridine rings is 1. The summed E-state index contributed by atoms with van der Waals surface area (Å²) in [6.07, 6.45) is 2.81. The van der Waals surface area contributed by atoms with Gasteiger partial charge in [0.1, 0.15) is 5.75 Å². The molecular weight excluding hydrogens is 491 g/mol. The van der Waals surface area contributed by atoms with Crippen molar-refractivity contribution in [3.63, 3.8) is 0 Å². The number of nitrogens with zero attached hydrogens (tertiary/aromatic N) is 4. The lowest BCUT2D eigenvalue weighted by Crippen LogP contribution is -2.38. The highest BCUT2D eigenvalue weighted by molar-refractivity contribution is 14.0. The number of hydrogen-bond donors (Lipinski definition) is 2. The predicted molar refractivity (Wildman–Crippen MR) is 131 cm³/mol. The summed E-state index contributed by atoms with van der Waals surface area (Å²) < 4.78 is 7.83. The van der Waals surface area contributed by atoms with Gasteiger partial charge in [-0.1, -0.05) is 36.4 Å². The first-order valence-electron chi connectivity index (χ1n) is 9.68. The molecule has 0 bridgehead atoms. The standard InChI is InChI=1S/C22H24N6O.HI/c1-23-22(25-16-21-27-26-20-9-4-5-13-28(20)21)24-12-6-14-29-19-11-10-17-7-2-3-8-18(17)15-19;/h2-5,7-11,13,15H,6,12,14,16H2,1H3,(H2,23,24,25);1H. The molecule has 0 saturated heterocycles. The number of aromatic nitrogens is 3. The van der Waals surface area contributed by atoms with Gasteiger partial charge in [0, 0.05) is 19.8 Å². The normalized spacial score (nSPS) is 11.3. The van der Waals surface area contributed by atoms with E-state index in [1.165, 1.54) is 10.8 Å². The van der Waals surface area contributed by atoms with Crippen molar-refractivity contribution in [1.29, 1.82) is 0 Å². The zero-order valence-electron chi connectivity index (χ0n) is 16.8. The fraction of sp³-hybridized carbons (Fsp3) is 0.227. The quantitative estimate of drug-likeness (QED) is 0.170. The van der Waals surface area contributed by atoms with Crippen LogP contribution in [0.1, 0.15) is 12.2 Å². The Morgan fingerprint density at radius 3 is 2.70 bits per heavy atom. The molecule has 0 aliphatic carbocycles. The number of ether oxygens (including phenoxy) is 1. The second kappa shape index (κ2) is 10.8. The van der Waals surface area contributed by atoms with Gasteiger partial charge in [-0.15, -0.1) is 34.2 Å². The van der Waals surface area contributed by atoms with Gasteiger partial charge >= 0.3 is 0 Å². The van der Waals surface area contributed by atoms with Crippen LogP contribution in [0.2, 0.25) is 0 Å². The Kier molecular flexibility index (Phi) is 7.83. The average molecular weight is 516 g/mol. The van der Waals surface area contributed by atoms with Crippen molar-refractivity contribution < 1.29 is 4.74 Å². The van der Waals surface area contributed by atoms with E-state index in [4.69, 9.17) is 4.74 Å². The van der Waals surface area contributed by atoms with Crippen molar-refractivity contribution in [1.82, 2.24) is 25.2 Å². The highest BCUT2D eigenvalue weighted by Crippen LogP contribution is 2.20. The minimum Gasteiger partial charge on any atom is -0.494 e. The molecule has 156 valence electrons. The maximum atomic E-state index is 5.87. The van der Waals surface area contributed by atoms with Crippen LogP contribution in [0.5, 0.6) is 5.75 Å². The highest BCUT2D eigenvalue weighted by Gasteiger charge is 2.05. The van der Waals surface area contributed by atoms with Crippen molar-refractivity contribution in [2.24, 2.45) is 4.99 Å². The SMILES string of the molecule is CN=C(NCCCOc1ccc2ccccc2c1)NCc1nnc2ccccn12.I. The molecule has 2 heterocycles. The molecule has 0 atom stereocenters. The van der Waals surface area contributed by atoms with Gasteiger partial charge in [-0.3, -0.25) is 9.39 Å². The minimum atomic E-state index is 0. The van der Waals surface area contributed by atoms with Crippen LogP contribution in [0.4, 0.5) is 0 Å². The molecule has 30 heavy (non-hydrogen) atoms. The van der Waals surface area contributed by atoms with E-state index in [0.717, 1.165) is 36.1 Å². The van der Waals surface area contributed by atoms with E-state index >= 15 is 0 Å². The third-order valence-electron chi connectivity index (χ3n) is 4.63. The molecule has 8 heteroatoms. The van der Waals surface area contributed by atoms with E-state index in [-0.39, 0.29) is 24.0 Å². The van der Waals surface area contributed by atoms with E-state index in [9.17, 15) is 0 Å². The number of benzene rings is 2. The van der Waals surface area contributed by atoms with Crippen LogP contribution in [0.25, 0.3) is 16.4 Å². The summed E-state index contributed by atoms with van der Waals surface area (Å²) in [6, 6.07) is 20.3. The van der Waals surface area contributed by atoms with E-state index < -0.39 is 0 Å². The smallest absolute Gasteiger partial charge is 0.191 e. The summed E-state index contributed by atoms with van der Waals surface area (Å²) in [4.78, 5) is 4.25. The monoisotopic (exact) mass is 516 g/mol. The van der Waals surface area contributed by atoms with Crippen LogP contribution < -0.4 is 15.4 Å². The topological polar surface area (TPSA) is 75.8 Å². The highest BCUT2D eigenvalue weighted by atomic mass is 127. The molecule has 0 aliphatic rings. The molecule has 0 fully saturated rings. The molecule has 0 unspecified atom stereocenters. The average Bonchev–Trinajstić information content (AvgIpc) is 3.18. The summed E-state index contributed by atoms with van der Waals surface area (Å²) in [6.45, 7) is 1.93. The Bertz CT molecular complexity index is 1130. The number of fused-ring (bicyclic) bond motifs is 2. The molecule has 7 nitrogen and oxygen atoms in total. The van der Waals surface area contributed by atoms with Crippen LogP contribution in [-0.4, -0.2) is 40.8 Å². The molecular formula is C22H25IN6O. The molecule has 2 aromatic carbocycles. The fourth-order valence-electron chi connectivity index (χ4n) is 3.12. The van der Waals surface area contributed by atoms with Crippen LogP contribution in [-0.2, 0) is 6.54 Å². The molecule has 0 radical (unpaired) electrons. The number of halogens is 1. The zero-order valence-corrected chi connectivity index (χ0v) is 19.1. The Morgan fingerprint density at radius 2 is 1.83 bits per heavy atom. The number of aliphatic imine (C=N–C) groups is 1. The van der Waals surface area contributed by atoms with E-state index in [2.05, 4.69) is 50.1 Å². The maximum absolute atomic E-state index is 5.87. The van der Waals surface area contributed by atoms with Gasteiger partial charge in [-0.25, -0.2) is 0 Å². The third-order valence-corrected chi connectivity index (χ3v) is 4.63. The summed E-state index contributed by atoms with van der Waals surface area (Å²) in [5, 5.41) is 17.3. The summed E-state index contributed by atoms with van der Waals surface area (Å²) >= 11 is 0. The summed E-state index contributed by atoms with van der Waals surface area (Å²) in [5.74, 6) is 2.46. The van der Waals surface area contributed by atoms with Gasteiger partial charge in [-0.2, -0.15) is 0 Å². The molecule has 0 amide bonds. The number of hydrogen-bond acceptors (Lipinski definition) is 4. The van der Waals surface area contributed by atoms with Crippen molar-refractivity contribution in [3.8, 4) is 5.75 Å². The van der Waals surface area contributed by atoms with Crippen molar-refractivity contribution in [2.75, 3.05) is 20.2 Å². The Balaban J connectivity index is 0.00000256. The van der Waals surface area contributed by atoms with Crippen molar-refractivity contribution in [3.05, 3.63) is 72.7 Å². The summed E-state index contributed by atoms with van der Waals surface area (Å²) in [5.41, 5.74) is 0.832. The largest absolute Gasteiger partial charge is 0.494 e. The van der Waals surface area contributed by atoms with Gasteiger partial charge in [-0.05, 0) is 41.5 Å². The van der Waals surface area contributed by atoms with Gasteiger partial charge in [0.05, 0.1) is 13.2 Å². The van der Waals surface area contributed by atoms with Crippen molar-refractivity contribution in [2.45, 2.75) is 13.0 Å². The van der Waals surface area contributed by atoms with Crippen LogP contribution in [0, 0.1) is 0 Å². The predicted octanol–water partition coefficient (Wildman–Crippen LogP) is 3.63. The summed E-state index contributed by atoms with van der Waals surface area (Å²) in [7, 11) is 1.75. The Hall–Kier alpha value is -2.88. The lowest BCUT2D eigenvalue weighted by molar-refractivity contribution is 0.311. The zero-order chi connectivity index (χ0) is 19.9. The van der Waals surface area contributed by atoms with Crippen LogP contribution >= 0.6 is 24.0 Å². The Morgan fingerprint density at radius 1 is 1.00 bits per heavy atom. The molecule has 4 aromatic rings. The maximum Gasteiger partial charge on any atom is 0.191 e. The third kappa shape index (κ3) is 5.38. The second-order valence-corrected chi connectivity index (χ2v) is 6.61. The second-order valence-electron chi connectivity index (χ2n) is 6.61. The number of nitrogens with one attached hydrogen (secondary N) is 2. The van der Waals surface area contributed by atoms with E-state index in [0.29, 0.717) is 13.2 Å². The van der Waals surface area contributed by atoms with Crippen LogP contribution in [0.15, 0.2) is 71.9 Å². The molecule has 0 aliphatic heterocycles. The molecule has 0 spiro atoms. The minimum absolute atomic E-state index is 0. The van der Waals surface area contributed by atoms with Gasteiger partial charge in [0.2, 0.25) is 0 Å². The number of rotatable bonds is 7. The van der Waals surface area contributed by atoms with E-state index in [1.807, 2.05) is 47.0 Å². The first kappa shape index (κ1) is 21.8. The first-order chi connectivity index (χ1) is 14.3. The lowest BCUT2D eigenvalue weighted by Gasteiger charge is -2.12. The molecule has 4 rings (SSSR count). The Labute approximate surface area is 192 Å².